The highest BCUT2D eigenvalue weighted by atomic mass is 16.5. The number of rotatable bonds is 18. The summed E-state index contributed by atoms with van der Waals surface area (Å²) in [7, 11) is 3.30. The number of nitrogens with zero attached hydrogens (tertiary/aromatic N) is 2. The molecule has 0 radical (unpaired) electrons. The fraction of sp³-hybridized carbons (Fsp3) is 0.552. The van der Waals surface area contributed by atoms with Gasteiger partial charge in [0, 0.05) is 61.0 Å². The summed E-state index contributed by atoms with van der Waals surface area (Å²) in [5.41, 5.74) is 0.750. The van der Waals surface area contributed by atoms with Gasteiger partial charge in [-0.2, -0.15) is 0 Å². The highest BCUT2D eigenvalue weighted by Crippen LogP contribution is 2.37. The van der Waals surface area contributed by atoms with Crippen molar-refractivity contribution in [2.45, 2.75) is 142 Å². The number of benzene rings is 3. The van der Waals surface area contributed by atoms with Gasteiger partial charge < -0.3 is 51.2 Å². The largest absolute Gasteiger partial charge is 0.493 e. The van der Waals surface area contributed by atoms with Crippen LogP contribution >= 0.6 is 0 Å². The summed E-state index contributed by atoms with van der Waals surface area (Å²) >= 11 is 0. The van der Waals surface area contributed by atoms with Crippen molar-refractivity contribution < 1.29 is 47.8 Å². The molecule has 0 aromatic heterocycles. The molecular formula is C58H78N8O10. The number of nitrogens with one attached hydrogen (secondary N) is 6. The fourth-order valence-electron chi connectivity index (χ4n) is 10.7. The van der Waals surface area contributed by atoms with E-state index in [4.69, 9.17) is 9.47 Å². The molecule has 76 heavy (non-hydrogen) atoms. The maximum absolute atomic E-state index is 14.7. The van der Waals surface area contributed by atoms with Gasteiger partial charge in [0.2, 0.25) is 35.4 Å². The Labute approximate surface area is 446 Å². The smallest absolute Gasteiger partial charge is 0.246 e. The normalized spacial score (nSPS) is 22.8. The van der Waals surface area contributed by atoms with E-state index in [0.29, 0.717) is 37.6 Å². The van der Waals surface area contributed by atoms with Crippen molar-refractivity contribution in [3.05, 3.63) is 95.1 Å². The molecule has 0 aliphatic carbocycles. The highest BCUT2D eigenvalue weighted by Gasteiger charge is 2.48. The maximum atomic E-state index is 14.7. The monoisotopic (exact) mass is 1050 g/mol. The second-order valence-corrected chi connectivity index (χ2v) is 23.2. The Bertz CT molecular complexity index is 2490. The van der Waals surface area contributed by atoms with Crippen LogP contribution in [0.2, 0.25) is 0 Å². The summed E-state index contributed by atoms with van der Waals surface area (Å²) in [6.07, 6.45) is 1.37. The second kappa shape index (κ2) is 24.1. The Balaban J connectivity index is 1.09. The van der Waals surface area contributed by atoms with Crippen molar-refractivity contribution in [2.24, 2.45) is 22.7 Å². The summed E-state index contributed by atoms with van der Waals surface area (Å²) in [6.45, 7) is 15.4. The number of amides is 6. The van der Waals surface area contributed by atoms with Crippen molar-refractivity contribution in [3.63, 3.8) is 0 Å². The van der Waals surface area contributed by atoms with Gasteiger partial charge in [-0.3, -0.25) is 38.4 Å². The number of Topliss-reactive ketones (excluding diaryl/α,β-unsaturated/α-hetero) is 2. The van der Waals surface area contributed by atoms with Gasteiger partial charge in [-0.25, -0.2) is 0 Å². The Morgan fingerprint density at radius 2 is 0.947 bits per heavy atom. The Hall–Kier alpha value is -6.66. The Kier molecular flexibility index (Phi) is 18.1. The fourth-order valence-corrected chi connectivity index (χ4v) is 10.7. The van der Waals surface area contributed by atoms with Crippen LogP contribution in [-0.4, -0.2) is 133 Å². The van der Waals surface area contributed by atoms with Crippen LogP contribution in [0.3, 0.4) is 0 Å². The summed E-state index contributed by atoms with van der Waals surface area (Å²) in [4.78, 5) is 116. The van der Waals surface area contributed by atoms with Crippen LogP contribution in [0.25, 0.3) is 0 Å². The first-order valence-corrected chi connectivity index (χ1v) is 26.8. The lowest BCUT2D eigenvalue weighted by Gasteiger charge is -2.36. The Morgan fingerprint density at radius 1 is 0.566 bits per heavy atom. The third-order valence-corrected chi connectivity index (χ3v) is 15.4. The number of likely N-dealkylation sites (tertiary alicyclic amines) is 2. The molecule has 7 rings (SSSR count). The van der Waals surface area contributed by atoms with Crippen LogP contribution in [0, 0.1) is 22.7 Å². The predicted octanol–water partition coefficient (Wildman–Crippen LogP) is 4.82. The minimum absolute atomic E-state index is 0.0265. The van der Waals surface area contributed by atoms with Gasteiger partial charge in [0.1, 0.15) is 35.7 Å². The van der Waals surface area contributed by atoms with E-state index < -0.39 is 70.7 Å². The molecule has 410 valence electrons. The van der Waals surface area contributed by atoms with Crippen LogP contribution in [0.1, 0.15) is 138 Å². The number of ether oxygens (including phenoxy) is 2. The van der Waals surface area contributed by atoms with Gasteiger partial charge in [-0.15, -0.1) is 0 Å². The van der Waals surface area contributed by atoms with Crippen LogP contribution in [0.5, 0.6) is 11.5 Å². The molecule has 2 fully saturated rings. The average molecular weight is 1050 g/mol. The van der Waals surface area contributed by atoms with Gasteiger partial charge in [0.25, 0.3) is 0 Å². The van der Waals surface area contributed by atoms with E-state index in [0.717, 1.165) is 11.1 Å². The molecule has 3 aromatic rings. The van der Waals surface area contributed by atoms with E-state index in [1.54, 1.807) is 52.2 Å². The SMILES string of the molecule is CN[C@@H](C)C(=O)N[C@H](C(=O)N1C[C@@H](CC(=O)c2cccc(C(=O)C[C@H]3C[C@@H](C(=O)NC4CCOc5ccccc54)N(C(=O)[C@@H](NC(=O)[C@H](C)NC)C(C)(C)C)C3)c2)C[C@H]1C(=O)NC1CCOc2ccccc21)C(C)(C)C. The molecule has 2 unspecified atom stereocenters. The molecule has 6 amide bonds. The quantitative estimate of drug-likeness (QED) is 0.0942. The van der Waals surface area contributed by atoms with Crippen LogP contribution in [-0.2, 0) is 28.8 Å². The zero-order chi connectivity index (χ0) is 55.2. The number of para-hydroxylation sites is 2. The molecule has 10 atom stereocenters. The molecular weight excluding hydrogens is 969 g/mol. The summed E-state index contributed by atoms with van der Waals surface area (Å²) in [6, 6.07) is 15.7. The summed E-state index contributed by atoms with van der Waals surface area (Å²) in [5, 5.41) is 18.0. The zero-order valence-electron chi connectivity index (χ0n) is 45.7. The highest BCUT2D eigenvalue weighted by molar-refractivity contribution is 6.02. The molecule has 4 heterocycles. The number of carbonyl (C=O) groups excluding carboxylic acids is 8. The third kappa shape index (κ3) is 13.3. The van der Waals surface area contributed by atoms with Gasteiger partial charge in [-0.1, -0.05) is 96.1 Å². The standard InChI is InChI=1S/C58H78N8O10/c1-33(59-9)51(69)63-49(57(3,4)5)55(73)65-31-35(26-43(65)53(71)61-41-22-24-75-47-20-13-11-18-39(41)47)28-45(67)37-16-15-17-38(30-37)46(68)29-36-27-44(54(72)62-42-23-25-76-48-21-14-12-19-40(42)48)66(32-36)56(74)50(58(6,7)8)64-52(70)34(2)60-10/h11-21,30,33-36,41-44,49-50,59-60H,22-29,31-32H2,1-10H3,(H,61,71)(H,62,72)(H,63,69)(H,64,70)/t33-,34-,35+,36+,41?,42?,43-,44-,49+,50+/m0/s1. The van der Waals surface area contributed by atoms with E-state index >= 15 is 0 Å². The number of fused-ring (bicyclic) bond motifs is 2. The average Bonchev–Trinajstić information content (AvgIpc) is 4.03. The first-order chi connectivity index (χ1) is 36.0. The van der Waals surface area contributed by atoms with Gasteiger partial charge >= 0.3 is 0 Å². The van der Waals surface area contributed by atoms with Crippen LogP contribution in [0.15, 0.2) is 72.8 Å². The molecule has 0 saturated carbocycles. The van der Waals surface area contributed by atoms with Crippen LogP contribution in [0.4, 0.5) is 0 Å². The summed E-state index contributed by atoms with van der Waals surface area (Å²) in [5.74, 6) is -2.42. The first-order valence-electron chi connectivity index (χ1n) is 26.8. The molecule has 3 aromatic carbocycles. The number of ketones is 2. The van der Waals surface area contributed by atoms with E-state index in [9.17, 15) is 38.4 Å². The lowest BCUT2D eigenvalue weighted by molar-refractivity contribution is -0.144. The van der Waals surface area contributed by atoms with Crippen LogP contribution < -0.4 is 41.4 Å². The molecule has 0 bridgehead atoms. The van der Waals surface area contributed by atoms with Crippen molar-refractivity contribution >= 4 is 47.0 Å². The molecule has 6 N–H and O–H groups in total. The first kappa shape index (κ1) is 57.1. The van der Waals surface area contributed by atoms with Crippen molar-refractivity contribution in [2.75, 3.05) is 40.4 Å². The molecule has 18 nitrogen and oxygen atoms in total. The number of likely N-dealkylation sites (N-methyl/N-ethyl adjacent to an activating group) is 2. The summed E-state index contributed by atoms with van der Waals surface area (Å²) < 4.78 is 11.7. The van der Waals surface area contributed by atoms with Crippen molar-refractivity contribution in [3.8, 4) is 11.5 Å². The topological polar surface area (TPSA) is 234 Å². The minimum Gasteiger partial charge on any atom is -0.493 e. The van der Waals surface area contributed by atoms with Crippen molar-refractivity contribution in [1.82, 2.24) is 41.7 Å². The van der Waals surface area contributed by atoms with E-state index in [1.165, 1.54) is 9.80 Å². The predicted molar refractivity (Wildman–Crippen MR) is 286 cm³/mol. The van der Waals surface area contributed by atoms with Gasteiger partial charge in [0.15, 0.2) is 11.6 Å². The molecule has 4 aliphatic rings. The number of carbonyl (C=O) groups is 8. The minimum atomic E-state index is -0.987. The number of hydrogen-bond acceptors (Lipinski definition) is 12. The van der Waals surface area contributed by atoms with Gasteiger partial charge in [0.05, 0.1) is 37.4 Å². The third-order valence-electron chi connectivity index (χ3n) is 15.4. The lowest BCUT2D eigenvalue weighted by atomic mass is 9.85. The molecule has 4 aliphatic heterocycles. The molecule has 2 saturated heterocycles. The number of hydrogen-bond donors (Lipinski definition) is 6. The van der Waals surface area contributed by atoms with E-state index in [-0.39, 0.29) is 97.2 Å². The lowest BCUT2D eigenvalue weighted by Crippen LogP contribution is -2.59. The maximum Gasteiger partial charge on any atom is 0.246 e. The van der Waals surface area contributed by atoms with Crippen molar-refractivity contribution in [1.29, 1.82) is 0 Å². The van der Waals surface area contributed by atoms with E-state index in [1.807, 2.05) is 90.1 Å². The molecule has 0 spiro atoms. The molecule has 18 heteroatoms. The Morgan fingerprint density at radius 3 is 1.32 bits per heavy atom. The van der Waals surface area contributed by atoms with Gasteiger partial charge in [-0.05, 0) is 81.6 Å². The van der Waals surface area contributed by atoms with E-state index in [2.05, 4.69) is 31.9 Å². The zero-order valence-corrected chi connectivity index (χ0v) is 45.7. The second-order valence-electron chi connectivity index (χ2n) is 23.2.